The van der Waals surface area contributed by atoms with E-state index in [0.29, 0.717) is 27.5 Å². The van der Waals surface area contributed by atoms with Gasteiger partial charge in [0.1, 0.15) is 0 Å². The minimum Gasteiger partial charge on any atom is -0.461 e. The molecule has 0 aliphatic heterocycles. The van der Waals surface area contributed by atoms with Crippen molar-refractivity contribution in [2.45, 2.75) is 5.16 Å². The average Bonchev–Trinajstić information content (AvgIpc) is 3.43. The minimum absolute atomic E-state index is 0.0473. The summed E-state index contributed by atoms with van der Waals surface area (Å²) < 4.78 is 7.24. The molecule has 4 rings (SSSR count). The zero-order chi connectivity index (χ0) is 21.8. The van der Waals surface area contributed by atoms with Crippen molar-refractivity contribution in [3.05, 3.63) is 82.1 Å². The first-order valence-corrected chi connectivity index (χ1v) is 10.3. The Bertz CT molecular complexity index is 1210. The molecule has 2 aromatic carbocycles. The Hall–Kier alpha value is -3.63. The van der Waals surface area contributed by atoms with Crippen molar-refractivity contribution in [1.82, 2.24) is 14.8 Å². The van der Waals surface area contributed by atoms with Crippen LogP contribution in [0.25, 0.3) is 17.3 Å². The van der Waals surface area contributed by atoms with Crippen LogP contribution in [0.4, 0.5) is 11.4 Å². The molecule has 0 saturated heterocycles. The van der Waals surface area contributed by atoms with Crippen molar-refractivity contribution < 1.29 is 14.1 Å². The molecule has 0 aliphatic carbocycles. The second-order valence-corrected chi connectivity index (χ2v) is 7.62. The van der Waals surface area contributed by atoms with Crippen LogP contribution in [0.5, 0.6) is 0 Å². The third kappa shape index (κ3) is 4.76. The van der Waals surface area contributed by atoms with Gasteiger partial charge in [-0.3, -0.25) is 19.5 Å². The summed E-state index contributed by atoms with van der Waals surface area (Å²) >= 11 is 7.20. The summed E-state index contributed by atoms with van der Waals surface area (Å²) in [5, 5.41) is 22.9. The predicted octanol–water partition coefficient (Wildman–Crippen LogP) is 4.82. The van der Waals surface area contributed by atoms with Crippen molar-refractivity contribution in [2.75, 3.05) is 11.1 Å². The molecule has 2 aromatic heterocycles. The Kier molecular flexibility index (Phi) is 6.01. The Morgan fingerprint density at radius 2 is 1.87 bits per heavy atom. The van der Waals surface area contributed by atoms with Crippen LogP contribution in [0.3, 0.4) is 0 Å². The second kappa shape index (κ2) is 9.02. The molecule has 31 heavy (non-hydrogen) atoms. The Morgan fingerprint density at radius 1 is 1.13 bits per heavy atom. The number of nitrogens with one attached hydrogen (secondary N) is 1. The number of nitro benzene ring substituents is 1. The summed E-state index contributed by atoms with van der Waals surface area (Å²) in [5.74, 6) is 0.792. The summed E-state index contributed by atoms with van der Waals surface area (Å²) in [6.07, 6.45) is 1.54. The number of rotatable bonds is 7. The first-order valence-electron chi connectivity index (χ1n) is 8.93. The van der Waals surface area contributed by atoms with Crippen LogP contribution in [0, 0.1) is 10.1 Å². The number of thioether (sulfide) groups is 1. The van der Waals surface area contributed by atoms with Crippen LogP contribution in [-0.4, -0.2) is 31.3 Å². The lowest BCUT2D eigenvalue weighted by Crippen LogP contribution is -2.14. The van der Waals surface area contributed by atoms with E-state index in [-0.39, 0.29) is 17.3 Å². The van der Waals surface area contributed by atoms with E-state index in [1.54, 1.807) is 35.1 Å². The van der Waals surface area contributed by atoms with Crippen LogP contribution >= 0.6 is 23.4 Å². The summed E-state index contributed by atoms with van der Waals surface area (Å²) in [4.78, 5) is 22.6. The second-order valence-electron chi connectivity index (χ2n) is 6.24. The van der Waals surface area contributed by atoms with Gasteiger partial charge in [-0.25, -0.2) is 0 Å². The molecule has 0 atom stereocenters. The molecule has 0 bridgehead atoms. The monoisotopic (exact) mass is 455 g/mol. The molecule has 0 radical (unpaired) electrons. The number of hydrogen-bond donors (Lipinski definition) is 1. The van der Waals surface area contributed by atoms with Gasteiger partial charge in [0.25, 0.3) is 5.69 Å². The van der Waals surface area contributed by atoms with E-state index in [0.717, 1.165) is 5.69 Å². The molecule has 0 spiro atoms. The molecule has 2 heterocycles. The summed E-state index contributed by atoms with van der Waals surface area (Å²) in [6, 6.07) is 16.3. The first-order chi connectivity index (χ1) is 15.0. The van der Waals surface area contributed by atoms with E-state index in [2.05, 4.69) is 15.5 Å². The number of nitro groups is 1. The summed E-state index contributed by atoms with van der Waals surface area (Å²) in [7, 11) is 0. The van der Waals surface area contributed by atoms with Crippen LogP contribution < -0.4 is 5.32 Å². The highest BCUT2D eigenvalue weighted by Crippen LogP contribution is 2.29. The number of anilines is 1. The largest absolute Gasteiger partial charge is 0.461 e. The van der Waals surface area contributed by atoms with Gasteiger partial charge in [0.15, 0.2) is 10.9 Å². The fourth-order valence-corrected chi connectivity index (χ4v) is 3.62. The number of hydrogen-bond acceptors (Lipinski definition) is 7. The number of non-ortho nitro benzene ring substituents is 1. The van der Waals surface area contributed by atoms with E-state index in [1.807, 2.05) is 12.1 Å². The van der Waals surface area contributed by atoms with E-state index in [9.17, 15) is 14.9 Å². The lowest BCUT2D eigenvalue weighted by molar-refractivity contribution is -0.384. The molecule has 1 N–H and O–H groups in total. The number of furan rings is 1. The van der Waals surface area contributed by atoms with Gasteiger partial charge in [-0.1, -0.05) is 23.4 Å². The number of carbonyl (C=O) groups is 1. The van der Waals surface area contributed by atoms with E-state index >= 15 is 0 Å². The quantitative estimate of drug-likeness (QED) is 0.241. The maximum absolute atomic E-state index is 12.4. The third-order valence-corrected chi connectivity index (χ3v) is 5.33. The van der Waals surface area contributed by atoms with Gasteiger partial charge in [-0.15, -0.1) is 10.2 Å². The fraction of sp³-hybridized carbons (Fsp3) is 0.0500. The van der Waals surface area contributed by atoms with Crippen LogP contribution in [0.1, 0.15) is 0 Å². The average molecular weight is 456 g/mol. The molecule has 0 unspecified atom stereocenters. The molecule has 11 heteroatoms. The van der Waals surface area contributed by atoms with Gasteiger partial charge in [-0.2, -0.15) is 0 Å². The zero-order valence-electron chi connectivity index (χ0n) is 15.8. The van der Waals surface area contributed by atoms with Crippen LogP contribution in [0.2, 0.25) is 5.02 Å². The van der Waals surface area contributed by atoms with Gasteiger partial charge < -0.3 is 9.73 Å². The lowest BCUT2D eigenvalue weighted by atomic mass is 10.3. The van der Waals surface area contributed by atoms with Gasteiger partial charge in [0.2, 0.25) is 11.7 Å². The highest BCUT2D eigenvalue weighted by atomic mass is 35.5. The highest BCUT2D eigenvalue weighted by molar-refractivity contribution is 7.99. The highest BCUT2D eigenvalue weighted by Gasteiger charge is 2.19. The van der Waals surface area contributed by atoms with Crippen LogP contribution in [-0.2, 0) is 4.79 Å². The van der Waals surface area contributed by atoms with Crippen molar-refractivity contribution in [3.8, 4) is 17.3 Å². The first kappa shape index (κ1) is 20.6. The Morgan fingerprint density at radius 3 is 2.52 bits per heavy atom. The zero-order valence-corrected chi connectivity index (χ0v) is 17.3. The number of amides is 1. The van der Waals surface area contributed by atoms with E-state index in [1.165, 1.54) is 36.0 Å². The number of aromatic nitrogens is 3. The maximum atomic E-state index is 12.4. The van der Waals surface area contributed by atoms with Gasteiger partial charge in [0, 0.05) is 28.5 Å². The smallest absolute Gasteiger partial charge is 0.269 e. The summed E-state index contributed by atoms with van der Waals surface area (Å²) in [6.45, 7) is 0. The molecule has 0 fully saturated rings. The number of carbonyl (C=O) groups excluding carboxylic acids is 1. The number of benzene rings is 2. The van der Waals surface area contributed by atoms with Gasteiger partial charge in [-0.05, 0) is 48.5 Å². The molecule has 9 nitrogen and oxygen atoms in total. The standard InChI is InChI=1S/C20H14ClN5O4S/c21-13-3-7-15(8-4-13)25-19(17-2-1-11-30-17)23-24-20(25)31-12-18(27)22-14-5-9-16(10-6-14)26(28)29/h1-11H,12H2,(H,22,27). The molecule has 0 aliphatic rings. The van der Waals surface area contributed by atoms with E-state index in [4.69, 9.17) is 16.0 Å². The van der Waals surface area contributed by atoms with Crippen molar-refractivity contribution >= 4 is 40.6 Å². The molecule has 156 valence electrons. The lowest BCUT2D eigenvalue weighted by Gasteiger charge is -2.09. The molecular formula is C20H14ClN5O4S. The van der Waals surface area contributed by atoms with Crippen molar-refractivity contribution in [1.29, 1.82) is 0 Å². The Labute approximate surface area is 185 Å². The molecule has 1 amide bonds. The topological polar surface area (TPSA) is 116 Å². The van der Waals surface area contributed by atoms with Gasteiger partial charge >= 0.3 is 0 Å². The molecular weight excluding hydrogens is 442 g/mol. The van der Waals surface area contributed by atoms with Gasteiger partial charge in [0.05, 0.1) is 16.9 Å². The number of halogens is 1. The SMILES string of the molecule is O=C(CSc1nnc(-c2ccco2)n1-c1ccc(Cl)cc1)Nc1ccc([N+](=O)[O-])cc1. The maximum Gasteiger partial charge on any atom is 0.269 e. The van der Waals surface area contributed by atoms with Crippen molar-refractivity contribution in [3.63, 3.8) is 0 Å². The third-order valence-electron chi connectivity index (χ3n) is 4.15. The fourth-order valence-electron chi connectivity index (χ4n) is 2.75. The minimum atomic E-state index is -0.498. The summed E-state index contributed by atoms with van der Waals surface area (Å²) in [5.41, 5.74) is 1.18. The van der Waals surface area contributed by atoms with E-state index < -0.39 is 4.92 Å². The number of nitrogens with zero attached hydrogens (tertiary/aromatic N) is 4. The molecule has 0 saturated carbocycles. The predicted molar refractivity (Wildman–Crippen MR) is 117 cm³/mol. The molecule has 4 aromatic rings. The van der Waals surface area contributed by atoms with Crippen LogP contribution in [0.15, 0.2) is 76.5 Å². The Balaban J connectivity index is 1.52. The van der Waals surface area contributed by atoms with Crippen molar-refractivity contribution in [2.24, 2.45) is 0 Å². The normalized spacial score (nSPS) is 10.7.